The molecule has 1 unspecified atom stereocenters. The highest BCUT2D eigenvalue weighted by Gasteiger charge is 2.34. The number of carbonyl (C=O) groups excluding carboxylic acids is 1. The maximum absolute atomic E-state index is 12.2. The summed E-state index contributed by atoms with van der Waals surface area (Å²) in [5.74, 6) is -1.04. The van der Waals surface area contributed by atoms with Gasteiger partial charge in [-0.1, -0.05) is 0 Å². The SMILES string of the molecule is CC(C)OCCN(C)C(=O)N1CCOCC1C(=O)O. The van der Waals surface area contributed by atoms with Crippen molar-refractivity contribution in [3.63, 3.8) is 0 Å². The number of ether oxygens (including phenoxy) is 2. The lowest BCUT2D eigenvalue weighted by Crippen LogP contribution is -2.56. The number of urea groups is 1. The van der Waals surface area contributed by atoms with Crippen LogP contribution in [0.15, 0.2) is 0 Å². The molecule has 19 heavy (non-hydrogen) atoms. The summed E-state index contributed by atoms with van der Waals surface area (Å²) in [6.07, 6.45) is 0.110. The van der Waals surface area contributed by atoms with Crippen LogP contribution in [0.3, 0.4) is 0 Å². The molecule has 0 aromatic rings. The molecule has 0 aromatic carbocycles. The molecule has 0 saturated carbocycles. The Balaban J connectivity index is 2.51. The number of carboxylic acid groups (broad SMARTS) is 1. The van der Waals surface area contributed by atoms with Crippen molar-refractivity contribution in [2.45, 2.75) is 26.0 Å². The zero-order valence-corrected chi connectivity index (χ0v) is 11.7. The van der Waals surface area contributed by atoms with Crippen LogP contribution in [0.4, 0.5) is 4.79 Å². The number of hydrogen-bond donors (Lipinski definition) is 1. The highest BCUT2D eigenvalue weighted by Crippen LogP contribution is 2.10. The Hall–Kier alpha value is -1.34. The fraction of sp³-hybridized carbons (Fsp3) is 0.833. The van der Waals surface area contributed by atoms with Gasteiger partial charge in [0, 0.05) is 20.1 Å². The topological polar surface area (TPSA) is 79.3 Å². The lowest BCUT2D eigenvalue weighted by atomic mass is 10.2. The van der Waals surface area contributed by atoms with Crippen LogP contribution in [0.25, 0.3) is 0 Å². The van der Waals surface area contributed by atoms with E-state index in [4.69, 9.17) is 14.6 Å². The van der Waals surface area contributed by atoms with E-state index in [1.165, 1.54) is 9.80 Å². The van der Waals surface area contributed by atoms with Crippen molar-refractivity contribution >= 4 is 12.0 Å². The zero-order chi connectivity index (χ0) is 14.4. The molecule has 1 atom stereocenters. The molecule has 1 saturated heterocycles. The van der Waals surface area contributed by atoms with E-state index < -0.39 is 12.0 Å². The molecular formula is C12H22N2O5. The van der Waals surface area contributed by atoms with Crippen LogP contribution in [0, 0.1) is 0 Å². The number of carbonyl (C=O) groups is 2. The number of carboxylic acids is 1. The van der Waals surface area contributed by atoms with E-state index in [0.717, 1.165) is 0 Å². The van der Waals surface area contributed by atoms with Gasteiger partial charge in [0.2, 0.25) is 0 Å². The van der Waals surface area contributed by atoms with Gasteiger partial charge in [0.25, 0.3) is 0 Å². The Morgan fingerprint density at radius 1 is 1.53 bits per heavy atom. The van der Waals surface area contributed by atoms with Gasteiger partial charge >= 0.3 is 12.0 Å². The molecule has 0 radical (unpaired) electrons. The maximum Gasteiger partial charge on any atom is 0.328 e. The van der Waals surface area contributed by atoms with Gasteiger partial charge in [-0.3, -0.25) is 0 Å². The maximum atomic E-state index is 12.2. The number of morpholine rings is 1. The monoisotopic (exact) mass is 274 g/mol. The Morgan fingerprint density at radius 2 is 2.21 bits per heavy atom. The Labute approximate surface area is 113 Å². The number of aliphatic carboxylic acids is 1. The van der Waals surface area contributed by atoms with Gasteiger partial charge < -0.3 is 24.4 Å². The second kappa shape index (κ2) is 7.30. The molecule has 7 nitrogen and oxygen atoms in total. The first-order valence-electron chi connectivity index (χ1n) is 6.37. The van der Waals surface area contributed by atoms with Crippen molar-refractivity contribution in [1.82, 2.24) is 9.80 Å². The van der Waals surface area contributed by atoms with Crippen LogP contribution in [0.1, 0.15) is 13.8 Å². The molecule has 0 bridgehead atoms. The molecule has 1 fully saturated rings. The van der Waals surface area contributed by atoms with E-state index in [1.54, 1.807) is 7.05 Å². The molecule has 1 rings (SSSR count). The standard InChI is InChI=1S/C12H22N2O5/c1-9(2)19-7-4-13(3)12(17)14-5-6-18-8-10(14)11(15)16/h9-10H,4-8H2,1-3H3,(H,15,16). The summed E-state index contributed by atoms with van der Waals surface area (Å²) in [6, 6.07) is -1.21. The predicted molar refractivity (Wildman–Crippen MR) is 68.1 cm³/mol. The summed E-state index contributed by atoms with van der Waals surface area (Å²) in [7, 11) is 1.64. The van der Waals surface area contributed by atoms with E-state index in [2.05, 4.69) is 0 Å². The first-order chi connectivity index (χ1) is 8.93. The summed E-state index contributed by atoms with van der Waals surface area (Å²) < 4.78 is 10.5. The molecule has 1 aliphatic heterocycles. The number of amides is 2. The minimum absolute atomic E-state index is 0.0391. The molecule has 1 aliphatic rings. The van der Waals surface area contributed by atoms with Crippen molar-refractivity contribution in [3.8, 4) is 0 Å². The van der Waals surface area contributed by atoms with Crippen LogP contribution >= 0.6 is 0 Å². The second-order valence-corrected chi connectivity index (χ2v) is 4.75. The molecule has 0 aromatic heterocycles. The zero-order valence-electron chi connectivity index (χ0n) is 11.7. The largest absolute Gasteiger partial charge is 0.480 e. The lowest BCUT2D eigenvalue weighted by Gasteiger charge is -2.35. The lowest BCUT2D eigenvalue weighted by molar-refractivity contribution is -0.147. The number of rotatable bonds is 5. The highest BCUT2D eigenvalue weighted by atomic mass is 16.5. The van der Waals surface area contributed by atoms with E-state index in [9.17, 15) is 9.59 Å². The third-order valence-corrected chi connectivity index (χ3v) is 2.86. The van der Waals surface area contributed by atoms with Crippen molar-refractivity contribution in [2.75, 3.05) is 40.0 Å². The van der Waals surface area contributed by atoms with Crippen LogP contribution in [0.5, 0.6) is 0 Å². The molecule has 0 aliphatic carbocycles. The summed E-state index contributed by atoms with van der Waals surface area (Å²) in [5, 5.41) is 9.07. The van der Waals surface area contributed by atoms with Gasteiger partial charge in [0.05, 0.1) is 25.9 Å². The van der Waals surface area contributed by atoms with E-state index >= 15 is 0 Å². The second-order valence-electron chi connectivity index (χ2n) is 4.75. The van der Waals surface area contributed by atoms with Gasteiger partial charge in [-0.2, -0.15) is 0 Å². The van der Waals surface area contributed by atoms with Crippen molar-refractivity contribution in [2.24, 2.45) is 0 Å². The quantitative estimate of drug-likeness (QED) is 0.777. The molecule has 0 spiro atoms. The Bertz CT molecular complexity index is 321. The first-order valence-corrected chi connectivity index (χ1v) is 6.37. The van der Waals surface area contributed by atoms with Crippen molar-refractivity contribution in [1.29, 1.82) is 0 Å². The summed E-state index contributed by atoms with van der Waals surface area (Å²) in [5.41, 5.74) is 0. The molecule has 110 valence electrons. The predicted octanol–water partition coefficient (Wildman–Crippen LogP) is 0.249. The molecular weight excluding hydrogens is 252 g/mol. The average molecular weight is 274 g/mol. The Kier molecular flexibility index (Phi) is 6.04. The first kappa shape index (κ1) is 15.7. The minimum atomic E-state index is -1.04. The number of likely N-dealkylation sites (N-methyl/N-ethyl adjacent to an activating group) is 1. The molecule has 2 amide bonds. The van der Waals surface area contributed by atoms with Gasteiger partial charge in [-0.05, 0) is 13.8 Å². The van der Waals surface area contributed by atoms with Crippen LogP contribution < -0.4 is 0 Å². The molecule has 1 heterocycles. The fourth-order valence-corrected chi connectivity index (χ4v) is 1.78. The van der Waals surface area contributed by atoms with E-state index in [1.807, 2.05) is 13.8 Å². The third kappa shape index (κ3) is 4.68. The van der Waals surface area contributed by atoms with Crippen molar-refractivity contribution < 1.29 is 24.2 Å². The van der Waals surface area contributed by atoms with Crippen molar-refractivity contribution in [3.05, 3.63) is 0 Å². The number of nitrogens with zero attached hydrogens (tertiary/aromatic N) is 2. The van der Waals surface area contributed by atoms with Gasteiger partial charge in [0.1, 0.15) is 0 Å². The summed E-state index contributed by atoms with van der Waals surface area (Å²) in [6.45, 7) is 5.41. The summed E-state index contributed by atoms with van der Waals surface area (Å²) >= 11 is 0. The van der Waals surface area contributed by atoms with Gasteiger partial charge in [0.15, 0.2) is 6.04 Å². The van der Waals surface area contributed by atoms with Crippen LogP contribution in [-0.2, 0) is 14.3 Å². The summed E-state index contributed by atoms with van der Waals surface area (Å²) in [4.78, 5) is 26.1. The normalized spacial score (nSPS) is 19.6. The highest BCUT2D eigenvalue weighted by molar-refractivity contribution is 5.82. The van der Waals surface area contributed by atoms with Crippen LogP contribution in [-0.4, -0.2) is 79.0 Å². The minimum Gasteiger partial charge on any atom is -0.480 e. The molecule has 1 N–H and O–H groups in total. The fourth-order valence-electron chi connectivity index (χ4n) is 1.78. The van der Waals surface area contributed by atoms with Gasteiger partial charge in [-0.15, -0.1) is 0 Å². The Morgan fingerprint density at radius 3 is 2.79 bits per heavy atom. The van der Waals surface area contributed by atoms with E-state index in [0.29, 0.717) is 26.3 Å². The number of hydrogen-bond acceptors (Lipinski definition) is 4. The average Bonchev–Trinajstić information content (AvgIpc) is 2.37. The smallest absolute Gasteiger partial charge is 0.328 e. The third-order valence-electron chi connectivity index (χ3n) is 2.86. The van der Waals surface area contributed by atoms with Crippen LogP contribution in [0.2, 0.25) is 0 Å². The van der Waals surface area contributed by atoms with E-state index in [-0.39, 0.29) is 18.7 Å². The van der Waals surface area contributed by atoms with Gasteiger partial charge in [-0.25, -0.2) is 9.59 Å². The molecule has 7 heteroatoms.